The van der Waals surface area contributed by atoms with Crippen LogP contribution in [0.15, 0.2) is 35.3 Å². The molecule has 0 atom stereocenters. The van der Waals surface area contributed by atoms with E-state index < -0.39 is 0 Å². The molecule has 0 aliphatic rings. The molecule has 0 aliphatic heterocycles. The molecule has 0 radical (unpaired) electrons. The predicted octanol–water partition coefficient (Wildman–Crippen LogP) is 2.38. The number of aryl methyl sites for hydroxylation is 1. The third-order valence-corrected chi connectivity index (χ3v) is 3.30. The van der Waals surface area contributed by atoms with E-state index in [0.29, 0.717) is 18.7 Å². The van der Waals surface area contributed by atoms with Crippen LogP contribution in [0.1, 0.15) is 15.9 Å². The summed E-state index contributed by atoms with van der Waals surface area (Å²) in [5.41, 5.74) is 1.64. The van der Waals surface area contributed by atoms with Gasteiger partial charge in [-0.05, 0) is 30.7 Å². The molecular weight excluding hydrogens is 282 g/mol. The van der Waals surface area contributed by atoms with Crippen LogP contribution >= 0.6 is 15.9 Å². The summed E-state index contributed by atoms with van der Waals surface area (Å²) in [5.74, 6) is -0.0884. The van der Waals surface area contributed by atoms with E-state index in [9.17, 15) is 4.79 Å². The number of nitrogens with zero attached hydrogens (tertiary/aromatic N) is 1. The lowest BCUT2D eigenvalue weighted by atomic mass is 10.1. The second-order valence-electron chi connectivity index (χ2n) is 3.73. The monoisotopic (exact) mass is 297 g/mol. The van der Waals surface area contributed by atoms with Gasteiger partial charge >= 0.3 is 0 Å². The number of rotatable bonds is 5. The molecule has 1 rings (SSSR count). The molecule has 4 heteroatoms. The number of carbonyl (C=O) groups excluding carboxylic acids is 1. The third-order valence-electron chi connectivity index (χ3n) is 2.41. The smallest absolute Gasteiger partial charge is 0.254 e. The van der Waals surface area contributed by atoms with E-state index in [1.165, 1.54) is 0 Å². The van der Waals surface area contributed by atoms with E-state index in [0.717, 1.165) is 10.0 Å². The van der Waals surface area contributed by atoms with Crippen LogP contribution in [-0.4, -0.2) is 35.6 Å². The highest BCUT2D eigenvalue weighted by Crippen LogP contribution is 2.18. The number of hydrogen-bond donors (Lipinski definition) is 1. The molecular formula is C13H16BrNO2. The molecule has 1 aromatic rings. The van der Waals surface area contributed by atoms with Crippen LogP contribution in [0.2, 0.25) is 0 Å². The molecule has 0 saturated heterocycles. The first-order valence-corrected chi connectivity index (χ1v) is 6.16. The Kier molecular flexibility index (Phi) is 5.38. The number of benzene rings is 1. The van der Waals surface area contributed by atoms with Gasteiger partial charge in [-0.25, -0.2) is 0 Å². The number of carbonyl (C=O) groups is 1. The van der Waals surface area contributed by atoms with Crippen LogP contribution in [0, 0.1) is 6.92 Å². The van der Waals surface area contributed by atoms with Crippen LogP contribution in [-0.2, 0) is 0 Å². The Bertz CT molecular complexity index is 418. The zero-order chi connectivity index (χ0) is 12.8. The van der Waals surface area contributed by atoms with Crippen LogP contribution in [0.4, 0.5) is 0 Å². The first-order valence-electron chi connectivity index (χ1n) is 5.37. The van der Waals surface area contributed by atoms with E-state index >= 15 is 0 Å². The molecule has 1 amide bonds. The first-order chi connectivity index (χ1) is 8.10. The summed E-state index contributed by atoms with van der Waals surface area (Å²) in [4.78, 5) is 13.7. The molecule has 17 heavy (non-hydrogen) atoms. The summed E-state index contributed by atoms with van der Waals surface area (Å²) < 4.78 is 0.978. The molecule has 0 fully saturated rings. The lowest BCUT2D eigenvalue weighted by Gasteiger charge is -2.20. The molecule has 1 aromatic carbocycles. The lowest BCUT2D eigenvalue weighted by Crippen LogP contribution is -2.33. The summed E-state index contributed by atoms with van der Waals surface area (Å²) in [6.45, 7) is 6.25. The highest BCUT2D eigenvalue weighted by atomic mass is 79.9. The fourth-order valence-corrected chi connectivity index (χ4v) is 1.76. The maximum Gasteiger partial charge on any atom is 0.254 e. The Labute approximate surface area is 110 Å². The molecule has 0 aliphatic carbocycles. The number of amides is 1. The van der Waals surface area contributed by atoms with Crippen LogP contribution in [0.5, 0.6) is 0 Å². The number of hydrogen-bond acceptors (Lipinski definition) is 2. The second kappa shape index (κ2) is 6.57. The van der Waals surface area contributed by atoms with Crippen LogP contribution in [0.25, 0.3) is 0 Å². The Morgan fingerprint density at radius 3 is 2.82 bits per heavy atom. The quantitative estimate of drug-likeness (QED) is 0.848. The second-order valence-corrected chi connectivity index (χ2v) is 4.58. The minimum atomic E-state index is -0.0884. The molecule has 0 saturated carbocycles. The largest absolute Gasteiger partial charge is 0.395 e. The van der Waals surface area contributed by atoms with Crippen molar-refractivity contribution in [1.82, 2.24) is 4.90 Å². The summed E-state index contributed by atoms with van der Waals surface area (Å²) in [6.07, 6.45) is 1.65. The van der Waals surface area contributed by atoms with E-state index in [-0.39, 0.29) is 12.5 Å². The Hall–Kier alpha value is -1.13. The van der Waals surface area contributed by atoms with Gasteiger partial charge < -0.3 is 10.0 Å². The van der Waals surface area contributed by atoms with Crippen molar-refractivity contribution in [3.63, 3.8) is 0 Å². The summed E-state index contributed by atoms with van der Waals surface area (Å²) in [6, 6.07) is 5.46. The van der Waals surface area contributed by atoms with Gasteiger partial charge in [0.05, 0.1) is 6.61 Å². The Morgan fingerprint density at radius 1 is 1.59 bits per heavy atom. The predicted molar refractivity (Wildman–Crippen MR) is 72.1 cm³/mol. The molecule has 3 nitrogen and oxygen atoms in total. The summed E-state index contributed by atoms with van der Waals surface area (Å²) >= 11 is 3.40. The molecule has 0 unspecified atom stereocenters. The van der Waals surface area contributed by atoms with Gasteiger partial charge in [-0.1, -0.05) is 22.0 Å². The lowest BCUT2D eigenvalue weighted by molar-refractivity contribution is 0.0743. The SMILES string of the molecule is C=CCN(CCO)C(=O)c1ccc(Br)c(C)c1. The summed E-state index contributed by atoms with van der Waals surface area (Å²) in [5, 5.41) is 8.92. The van der Waals surface area contributed by atoms with Crippen molar-refractivity contribution in [1.29, 1.82) is 0 Å². The maximum absolute atomic E-state index is 12.1. The van der Waals surface area contributed by atoms with E-state index in [4.69, 9.17) is 5.11 Å². The number of aliphatic hydroxyl groups excluding tert-OH is 1. The molecule has 0 aromatic heterocycles. The van der Waals surface area contributed by atoms with Crippen molar-refractivity contribution < 1.29 is 9.90 Å². The van der Waals surface area contributed by atoms with Gasteiger partial charge in [-0.2, -0.15) is 0 Å². The van der Waals surface area contributed by atoms with Gasteiger partial charge in [0.25, 0.3) is 5.91 Å². The van der Waals surface area contributed by atoms with Crippen molar-refractivity contribution in [3.05, 3.63) is 46.5 Å². The van der Waals surface area contributed by atoms with Crippen molar-refractivity contribution >= 4 is 21.8 Å². The van der Waals surface area contributed by atoms with Crippen LogP contribution in [0.3, 0.4) is 0 Å². The highest BCUT2D eigenvalue weighted by Gasteiger charge is 2.14. The fraction of sp³-hybridized carbons (Fsp3) is 0.308. The van der Waals surface area contributed by atoms with Gasteiger partial charge in [-0.15, -0.1) is 6.58 Å². The molecule has 92 valence electrons. The highest BCUT2D eigenvalue weighted by molar-refractivity contribution is 9.10. The van der Waals surface area contributed by atoms with Crippen molar-refractivity contribution in [3.8, 4) is 0 Å². The zero-order valence-corrected chi connectivity index (χ0v) is 11.4. The minimum Gasteiger partial charge on any atom is -0.395 e. The third kappa shape index (κ3) is 3.68. The standard InChI is InChI=1S/C13H16BrNO2/c1-3-6-15(7-8-16)13(17)11-4-5-12(14)10(2)9-11/h3-5,9,16H,1,6-8H2,2H3. The van der Waals surface area contributed by atoms with Crippen molar-refractivity contribution in [2.24, 2.45) is 0 Å². The average molecular weight is 298 g/mol. The van der Waals surface area contributed by atoms with Crippen molar-refractivity contribution in [2.45, 2.75) is 6.92 Å². The first kappa shape index (κ1) is 13.9. The molecule has 0 bridgehead atoms. The van der Waals surface area contributed by atoms with Gasteiger partial charge in [0.2, 0.25) is 0 Å². The molecule has 0 spiro atoms. The summed E-state index contributed by atoms with van der Waals surface area (Å²) in [7, 11) is 0. The topological polar surface area (TPSA) is 40.5 Å². The van der Waals surface area contributed by atoms with E-state index in [1.54, 1.807) is 17.0 Å². The zero-order valence-electron chi connectivity index (χ0n) is 9.82. The van der Waals surface area contributed by atoms with Gasteiger partial charge in [0.15, 0.2) is 0 Å². The molecule has 1 N–H and O–H groups in total. The van der Waals surface area contributed by atoms with E-state index in [2.05, 4.69) is 22.5 Å². The normalized spacial score (nSPS) is 10.1. The van der Waals surface area contributed by atoms with Crippen LogP contribution < -0.4 is 0 Å². The number of aliphatic hydroxyl groups is 1. The van der Waals surface area contributed by atoms with E-state index in [1.807, 2.05) is 19.1 Å². The minimum absolute atomic E-state index is 0.0465. The molecule has 0 heterocycles. The van der Waals surface area contributed by atoms with Gasteiger partial charge in [0, 0.05) is 23.1 Å². The van der Waals surface area contributed by atoms with Crippen molar-refractivity contribution in [2.75, 3.05) is 19.7 Å². The Balaban J connectivity index is 2.92. The average Bonchev–Trinajstić information content (AvgIpc) is 2.31. The fourth-order valence-electron chi connectivity index (χ4n) is 1.51. The Morgan fingerprint density at radius 2 is 2.29 bits per heavy atom. The van der Waals surface area contributed by atoms with Gasteiger partial charge in [0.1, 0.15) is 0 Å². The number of halogens is 1. The maximum atomic E-state index is 12.1. The van der Waals surface area contributed by atoms with Gasteiger partial charge in [-0.3, -0.25) is 4.79 Å².